The van der Waals surface area contributed by atoms with Gasteiger partial charge in [0, 0.05) is 12.2 Å². The molecule has 0 aliphatic heterocycles. The van der Waals surface area contributed by atoms with Crippen LogP contribution in [-0.2, 0) is 11.2 Å². The highest BCUT2D eigenvalue weighted by Gasteiger charge is 2.10. The molecule has 1 aromatic heterocycles. The van der Waals surface area contributed by atoms with Crippen molar-refractivity contribution in [2.24, 2.45) is 5.73 Å². The number of nitrogens with two attached hydrogens (primary N) is 1. The van der Waals surface area contributed by atoms with Gasteiger partial charge in [0.15, 0.2) is 10.4 Å². The Morgan fingerprint density at radius 2 is 1.83 bits per heavy atom. The lowest BCUT2D eigenvalue weighted by molar-refractivity contribution is -0.120. The van der Waals surface area contributed by atoms with Crippen molar-refractivity contribution >= 4 is 45.8 Å². The molecule has 0 spiro atoms. The lowest BCUT2D eigenvalue weighted by Gasteiger charge is -2.06. The van der Waals surface area contributed by atoms with E-state index in [1.807, 2.05) is 0 Å². The molecule has 6 nitrogen and oxygen atoms in total. The van der Waals surface area contributed by atoms with E-state index in [-0.39, 0.29) is 30.0 Å². The maximum absolute atomic E-state index is 11.9. The molecule has 0 atom stereocenters. The molecule has 0 bridgehead atoms. The molecule has 1 heterocycles. The van der Waals surface area contributed by atoms with Gasteiger partial charge in [0.05, 0.1) is 6.42 Å². The number of benzene rings is 1. The summed E-state index contributed by atoms with van der Waals surface area (Å²) in [5, 5.41) is 5.52. The van der Waals surface area contributed by atoms with E-state index in [1.54, 1.807) is 36.4 Å². The predicted octanol–water partition coefficient (Wildman–Crippen LogP) is 2.72. The lowest BCUT2D eigenvalue weighted by atomic mass is 10.1. The second kappa shape index (κ2) is 10.1. The van der Waals surface area contributed by atoms with Crippen LogP contribution in [0.25, 0.3) is 0 Å². The molecule has 0 unspecified atom stereocenters. The summed E-state index contributed by atoms with van der Waals surface area (Å²) in [6.07, 6.45) is 1.06. The SMILES string of the molecule is Cl.NCCCNC(=O)Cc1ccc(NC(=O)c2ccc(Br)o2)cc1. The minimum absolute atomic E-state index is 0. The fourth-order valence-electron chi connectivity index (χ4n) is 1.91. The molecule has 2 rings (SSSR count). The summed E-state index contributed by atoms with van der Waals surface area (Å²) in [7, 11) is 0. The van der Waals surface area contributed by atoms with Crippen LogP contribution in [0.5, 0.6) is 0 Å². The first-order chi connectivity index (χ1) is 11.1. The minimum atomic E-state index is -0.331. The molecule has 0 radical (unpaired) electrons. The quantitative estimate of drug-likeness (QED) is 0.605. The highest BCUT2D eigenvalue weighted by atomic mass is 79.9. The van der Waals surface area contributed by atoms with Crippen molar-refractivity contribution < 1.29 is 14.0 Å². The molecule has 130 valence electrons. The molecule has 0 saturated carbocycles. The Morgan fingerprint density at radius 1 is 1.12 bits per heavy atom. The second-order valence-electron chi connectivity index (χ2n) is 4.92. The Morgan fingerprint density at radius 3 is 2.42 bits per heavy atom. The molecule has 0 fully saturated rings. The molecule has 0 aliphatic carbocycles. The van der Waals surface area contributed by atoms with Crippen LogP contribution in [-0.4, -0.2) is 24.9 Å². The number of anilines is 1. The van der Waals surface area contributed by atoms with Crippen LogP contribution >= 0.6 is 28.3 Å². The van der Waals surface area contributed by atoms with E-state index in [1.165, 1.54) is 0 Å². The van der Waals surface area contributed by atoms with Crippen LogP contribution in [0, 0.1) is 0 Å². The van der Waals surface area contributed by atoms with Gasteiger partial charge in [-0.25, -0.2) is 0 Å². The van der Waals surface area contributed by atoms with Gasteiger partial charge >= 0.3 is 0 Å². The Bertz CT molecular complexity index is 673. The topological polar surface area (TPSA) is 97.4 Å². The third-order valence-electron chi connectivity index (χ3n) is 3.08. The second-order valence-corrected chi connectivity index (χ2v) is 5.71. The van der Waals surface area contributed by atoms with Crippen molar-refractivity contribution in [2.45, 2.75) is 12.8 Å². The Balaban J connectivity index is 0.00000288. The number of nitrogens with one attached hydrogen (secondary N) is 2. The molecule has 8 heteroatoms. The number of amides is 2. The first-order valence-corrected chi connectivity index (χ1v) is 8.00. The number of halogens is 2. The van der Waals surface area contributed by atoms with E-state index in [2.05, 4.69) is 26.6 Å². The molecule has 2 amide bonds. The largest absolute Gasteiger partial charge is 0.444 e. The number of carbonyl (C=O) groups is 2. The zero-order chi connectivity index (χ0) is 16.7. The van der Waals surface area contributed by atoms with Gasteiger partial charge in [0.25, 0.3) is 5.91 Å². The summed E-state index contributed by atoms with van der Waals surface area (Å²) < 4.78 is 5.68. The summed E-state index contributed by atoms with van der Waals surface area (Å²) in [4.78, 5) is 23.6. The smallest absolute Gasteiger partial charge is 0.291 e. The summed E-state index contributed by atoms with van der Waals surface area (Å²) in [6, 6.07) is 10.3. The average molecular weight is 417 g/mol. The Labute approximate surface area is 154 Å². The molecule has 4 N–H and O–H groups in total. The average Bonchev–Trinajstić information content (AvgIpc) is 2.96. The molecular formula is C16H19BrClN3O3. The van der Waals surface area contributed by atoms with Crippen molar-refractivity contribution in [1.82, 2.24) is 5.32 Å². The van der Waals surface area contributed by atoms with Crippen molar-refractivity contribution in [3.05, 3.63) is 52.4 Å². The molecule has 0 aliphatic rings. The van der Waals surface area contributed by atoms with Gasteiger partial charge in [0.2, 0.25) is 5.91 Å². The van der Waals surface area contributed by atoms with Gasteiger partial charge in [-0.3, -0.25) is 9.59 Å². The van der Waals surface area contributed by atoms with Crippen LogP contribution in [0.3, 0.4) is 0 Å². The Kier molecular flexibility index (Phi) is 8.53. The number of rotatable bonds is 7. The highest BCUT2D eigenvalue weighted by molar-refractivity contribution is 9.10. The Hall–Kier alpha value is -1.83. The fraction of sp³-hybridized carbons (Fsp3) is 0.250. The van der Waals surface area contributed by atoms with Gasteiger partial charge in [-0.15, -0.1) is 12.4 Å². The number of carbonyl (C=O) groups excluding carboxylic acids is 2. The van der Waals surface area contributed by atoms with Gasteiger partial charge in [-0.05, 0) is 58.7 Å². The molecule has 0 saturated heterocycles. The fourth-order valence-corrected chi connectivity index (χ4v) is 2.22. The van der Waals surface area contributed by atoms with Crippen molar-refractivity contribution in [1.29, 1.82) is 0 Å². The molecular weight excluding hydrogens is 398 g/mol. The van der Waals surface area contributed by atoms with E-state index < -0.39 is 0 Å². The summed E-state index contributed by atoms with van der Waals surface area (Å²) in [5.74, 6) is -0.154. The van der Waals surface area contributed by atoms with E-state index >= 15 is 0 Å². The maximum Gasteiger partial charge on any atom is 0.291 e. The van der Waals surface area contributed by atoms with E-state index in [0.717, 1.165) is 12.0 Å². The molecule has 1 aromatic carbocycles. The lowest BCUT2D eigenvalue weighted by Crippen LogP contribution is -2.27. The number of hydrogen-bond acceptors (Lipinski definition) is 4. The summed E-state index contributed by atoms with van der Waals surface area (Å²) in [6.45, 7) is 1.14. The summed E-state index contributed by atoms with van der Waals surface area (Å²) in [5.41, 5.74) is 6.88. The zero-order valence-corrected chi connectivity index (χ0v) is 15.3. The number of furan rings is 1. The third kappa shape index (κ3) is 6.35. The van der Waals surface area contributed by atoms with Crippen LogP contribution in [0.2, 0.25) is 0 Å². The zero-order valence-electron chi connectivity index (χ0n) is 12.9. The van der Waals surface area contributed by atoms with Crippen molar-refractivity contribution in [3.63, 3.8) is 0 Å². The first kappa shape index (κ1) is 20.2. The number of hydrogen-bond donors (Lipinski definition) is 3. The summed E-state index contributed by atoms with van der Waals surface area (Å²) >= 11 is 3.15. The van der Waals surface area contributed by atoms with Crippen LogP contribution in [0.15, 0.2) is 45.5 Å². The van der Waals surface area contributed by atoms with Crippen LogP contribution in [0.4, 0.5) is 5.69 Å². The maximum atomic E-state index is 11.9. The van der Waals surface area contributed by atoms with Gasteiger partial charge in [-0.1, -0.05) is 12.1 Å². The molecule has 2 aromatic rings. The first-order valence-electron chi connectivity index (χ1n) is 7.21. The monoisotopic (exact) mass is 415 g/mol. The van der Waals surface area contributed by atoms with E-state index in [9.17, 15) is 9.59 Å². The minimum Gasteiger partial charge on any atom is -0.444 e. The van der Waals surface area contributed by atoms with Gasteiger partial charge < -0.3 is 20.8 Å². The van der Waals surface area contributed by atoms with Crippen LogP contribution < -0.4 is 16.4 Å². The standard InChI is InChI=1S/C16H18BrN3O3.ClH/c17-14-7-6-13(23-14)16(22)20-12-4-2-11(3-5-12)10-15(21)19-9-1-8-18;/h2-7H,1,8-10,18H2,(H,19,21)(H,20,22);1H. The van der Waals surface area contributed by atoms with Crippen molar-refractivity contribution in [2.75, 3.05) is 18.4 Å². The van der Waals surface area contributed by atoms with Gasteiger partial charge in [0.1, 0.15) is 0 Å². The molecule has 24 heavy (non-hydrogen) atoms. The predicted molar refractivity (Wildman–Crippen MR) is 98.4 cm³/mol. The normalized spacial score (nSPS) is 9.92. The van der Waals surface area contributed by atoms with Crippen LogP contribution in [0.1, 0.15) is 22.5 Å². The van der Waals surface area contributed by atoms with Crippen molar-refractivity contribution in [3.8, 4) is 0 Å². The highest BCUT2D eigenvalue weighted by Crippen LogP contribution is 2.16. The third-order valence-corrected chi connectivity index (χ3v) is 3.50. The van der Waals surface area contributed by atoms with E-state index in [0.29, 0.717) is 29.9 Å². The van der Waals surface area contributed by atoms with Gasteiger partial charge in [-0.2, -0.15) is 0 Å². The van der Waals surface area contributed by atoms with E-state index in [4.69, 9.17) is 10.2 Å².